The van der Waals surface area contributed by atoms with Crippen molar-refractivity contribution in [1.82, 2.24) is 9.36 Å². The van der Waals surface area contributed by atoms with Crippen molar-refractivity contribution < 1.29 is 9.21 Å². The molecule has 130 valence electrons. The van der Waals surface area contributed by atoms with Gasteiger partial charge in [-0.3, -0.25) is 14.9 Å². The molecule has 1 amide bonds. The molecule has 1 aromatic carbocycles. The van der Waals surface area contributed by atoms with Gasteiger partial charge in [-0.05, 0) is 43.7 Å². The number of fused-ring (bicyclic) bond motifs is 1. The van der Waals surface area contributed by atoms with E-state index >= 15 is 0 Å². The lowest BCUT2D eigenvalue weighted by molar-refractivity contribution is 0.0997. The summed E-state index contributed by atoms with van der Waals surface area (Å²) in [5.74, 6) is -0.0219. The van der Waals surface area contributed by atoms with Gasteiger partial charge < -0.3 is 4.42 Å². The smallest absolute Gasteiger partial charge is 0.293 e. The first-order chi connectivity index (χ1) is 12.5. The molecule has 0 fully saturated rings. The molecule has 1 N–H and O–H groups in total. The van der Waals surface area contributed by atoms with Gasteiger partial charge in [0, 0.05) is 22.5 Å². The molecule has 0 saturated heterocycles. The van der Waals surface area contributed by atoms with Crippen molar-refractivity contribution in [3.05, 3.63) is 62.8 Å². The summed E-state index contributed by atoms with van der Waals surface area (Å²) < 4.78 is 9.86. The molecule has 3 heterocycles. The molecule has 3 aromatic heterocycles. The normalized spacial score (nSPS) is 11.0. The summed E-state index contributed by atoms with van der Waals surface area (Å²) in [5.41, 5.74) is 1.07. The van der Waals surface area contributed by atoms with E-state index in [4.69, 9.17) is 4.42 Å². The van der Waals surface area contributed by atoms with Crippen molar-refractivity contribution in [3.8, 4) is 10.7 Å². The van der Waals surface area contributed by atoms with Gasteiger partial charge in [-0.25, -0.2) is 0 Å². The lowest BCUT2D eigenvalue weighted by Crippen LogP contribution is -2.14. The molecule has 0 aliphatic rings. The SMILES string of the molecule is Cc1ccc2c(=O)cc(C(=O)Nc3nc(-c4ccc(C)s4)ns3)oc2c1. The molecule has 0 radical (unpaired) electrons. The topological polar surface area (TPSA) is 85.1 Å². The van der Waals surface area contributed by atoms with Gasteiger partial charge in [0.15, 0.2) is 17.0 Å². The maximum Gasteiger partial charge on any atom is 0.293 e. The summed E-state index contributed by atoms with van der Waals surface area (Å²) in [5, 5.41) is 3.43. The molecule has 0 unspecified atom stereocenters. The zero-order valence-corrected chi connectivity index (χ0v) is 15.5. The van der Waals surface area contributed by atoms with E-state index in [-0.39, 0.29) is 11.2 Å². The largest absolute Gasteiger partial charge is 0.451 e. The first-order valence-electron chi connectivity index (χ1n) is 7.76. The van der Waals surface area contributed by atoms with Crippen LogP contribution in [-0.2, 0) is 0 Å². The summed E-state index contributed by atoms with van der Waals surface area (Å²) in [6.07, 6.45) is 0. The van der Waals surface area contributed by atoms with Crippen molar-refractivity contribution in [2.75, 3.05) is 5.32 Å². The molecule has 0 bridgehead atoms. The van der Waals surface area contributed by atoms with E-state index < -0.39 is 5.91 Å². The van der Waals surface area contributed by atoms with Crippen molar-refractivity contribution in [2.45, 2.75) is 13.8 Å². The summed E-state index contributed by atoms with van der Waals surface area (Å²) in [6.45, 7) is 3.90. The Labute approximate surface area is 156 Å². The molecular formula is C18H13N3O3S2. The van der Waals surface area contributed by atoms with Gasteiger partial charge in [0.1, 0.15) is 5.58 Å². The Bertz CT molecular complexity index is 1190. The summed E-state index contributed by atoms with van der Waals surface area (Å²) in [7, 11) is 0. The van der Waals surface area contributed by atoms with E-state index in [0.717, 1.165) is 26.9 Å². The Morgan fingerprint density at radius 2 is 2.00 bits per heavy atom. The maximum atomic E-state index is 12.4. The standard InChI is InChI=1S/C18H13N3O3S2/c1-9-3-5-11-12(22)8-14(24-13(11)7-9)17(23)20-18-19-16(21-26-18)15-6-4-10(2)25-15/h3-8H,1-2H3,(H,19,20,21,23). The van der Waals surface area contributed by atoms with Crippen LogP contribution < -0.4 is 10.7 Å². The van der Waals surface area contributed by atoms with Crippen LogP contribution in [0.2, 0.25) is 0 Å². The van der Waals surface area contributed by atoms with Crippen LogP contribution in [0, 0.1) is 13.8 Å². The Morgan fingerprint density at radius 3 is 2.77 bits per heavy atom. The minimum atomic E-state index is -0.532. The molecule has 0 atom stereocenters. The van der Waals surface area contributed by atoms with E-state index in [2.05, 4.69) is 14.7 Å². The second kappa shape index (κ2) is 6.47. The van der Waals surface area contributed by atoms with Crippen LogP contribution in [0.25, 0.3) is 21.7 Å². The van der Waals surface area contributed by atoms with Crippen molar-refractivity contribution >= 4 is 44.9 Å². The van der Waals surface area contributed by atoms with Crippen LogP contribution in [0.15, 0.2) is 45.6 Å². The Morgan fingerprint density at radius 1 is 1.15 bits per heavy atom. The van der Waals surface area contributed by atoms with Crippen molar-refractivity contribution in [2.24, 2.45) is 0 Å². The van der Waals surface area contributed by atoms with Crippen molar-refractivity contribution in [3.63, 3.8) is 0 Å². The van der Waals surface area contributed by atoms with E-state index in [9.17, 15) is 9.59 Å². The van der Waals surface area contributed by atoms with Gasteiger partial charge in [-0.1, -0.05) is 6.07 Å². The minimum absolute atomic E-state index is 0.0585. The summed E-state index contributed by atoms with van der Waals surface area (Å²) in [4.78, 5) is 31.1. The van der Waals surface area contributed by atoms with Crippen LogP contribution in [0.4, 0.5) is 5.13 Å². The molecule has 8 heteroatoms. The molecular weight excluding hydrogens is 370 g/mol. The zero-order valence-electron chi connectivity index (χ0n) is 13.9. The Kier molecular flexibility index (Phi) is 4.14. The highest BCUT2D eigenvalue weighted by atomic mass is 32.1. The number of carbonyl (C=O) groups is 1. The highest BCUT2D eigenvalue weighted by Crippen LogP contribution is 2.28. The molecule has 0 aliphatic heterocycles. The van der Waals surface area contributed by atoms with E-state index in [0.29, 0.717) is 21.9 Å². The number of benzene rings is 1. The number of nitrogens with zero attached hydrogens (tertiary/aromatic N) is 2. The predicted octanol–water partition coefficient (Wildman–Crippen LogP) is 4.24. The highest BCUT2D eigenvalue weighted by Gasteiger charge is 2.16. The van der Waals surface area contributed by atoms with Crippen LogP contribution in [0.3, 0.4) is 0 Å². The minimum Gasteiger partial charge on any atom is -0.451 e. The zero-order chi connectivity index (χ0) is 18.3. The van der Waals surface area contributed by atoms with Gasteiger partial charge in [0.05, 0.1) is 10.3 Å². The fourth-order valence-electron chi connectivity index (χ4n) is 2.46. The predicted molar refractivity (Wildman–Crippen MR) is 103 cm³/mol. The molecule has 4 rings (SSSR count). The molecule has 0 aliphatic carbocycles. The summed E-state index contributed by atoms with van der Waals surface area (Å²) in [6, 6.07) is 10.4. The van der Waals surface area contributed by atoms with Gasteiger partial charge in [-0.15, -0.1) is 11.3 Å². The number of carbonyl (C=O) groups excluding carboxylic acids is 1. The highest BCUT2D eigenvalue weighted by molar-refractivity contribution is 7.15. The van der Waals surface area contributed by atoms with E-state index in [1.807, 2.05) is 32.0 Å². The monoisotopic (exact) mass is 383 g/mol. The first-order valence-corrected chi connectivity index (χ1v) is 9.35. The molecule has 0 saturated carbocycles. The second-order valence-electron chi connectivity index (χ2n) is 5.76. The lowest BCUT2D eigenvalue weighted by atomic mass is 10.1. The van der Waals surface area contributed by atoms with Gasteiger partial charge in [0.2, 0.25) is 5.13 Å². The Balaban J connectivity index is 1.61. The number of anilines is 1. The van der Waals surface area contributed by atoms with Gasteiger partial charge >= 0.3 is 0 Å². The van der Waals surface area contributed by atoms with Crippen LogP contribution >= 0.6 is 22.9 Å². The molecule has 4 aromatic rings. The third-order valence-corrected chi connectivity index (χ3v) is 5.34. The molecule has 6 nitrogen and oxygen atoms in total. The van der Waals surface area contributed by atoms with Crippen LogP contribution in [-0.4, -0.2) is 15.3 Å². The number of hydrogen-bond acceptors (Lipinski definition) is 7. The van der Waals surface area contributed by atoms with Crippen molar-refractivity contribution in [1.29, 1.82) is 0 Å². The fraction of sp³-hybridized carbons (Fsp3) is 0.111. The lowest BCUT2D eigenvalue weighted by Gasteiger charge is -2.03. The second-order valence-corrected chi connectivity index (χ2v) is 7.80. The number of aryl methyl sites for hydroxylation is 2. The van der Waals surface area contributed by atoms with Gasteiger partial charge in [-0.2, -0.15) is 9.36 Å². The number of amides is 1. The van der Waals surface area contributed by atoms with Crippen LogP contribution in [0.1, 0.15) is 21.0 Å². The first kappa shape index (κ1) is 16.6. The average molecular weight is 383 g/mol. The summed E-state index contributed by atoms with van der Waals surface area (Å²) >= 11 is 2.66. The molecule has 26 heavy (non-hydrogen) atoms. The number of aromatic nitrogens is 2. The third-order valence-electron chi connectivity index (χ3n) is 3.72. The number of rotatable bonds is 3. The molecule has 0 spiro atoms. The van der Waals surface area contributed by atoms with E-state index in [1.54, 1.807) is 23.5 Å². The van der Waals surface area contributed by atoms with Gasteiger partial charge in [0.25, 0.3) is 5.91 Å². The third kappa shape index (κ3) is 3.16. The van der Waals surface area contributed by atoms with E-state index in [1.165, 1.54) is 6.07 Å². The number of hydrogen-bond donors (Lipinski definition) is 1. The maximum absolute atomic E-state index is 12.4. The average Bonchev–Trinajstić information content (AvgIpc) is 3.23. The Hall–Kier alpha value is -2.84. The quantitative estimate of drug-likeness (QED) is 0.572. The van der Waals surface area contributed by atoms with Crippen LogP contribution in [0.5, 0.6) is 0 Å². The number of nitrogens with one attached hydrogen (secondary N) is 1. The fourth-order valence-corrected chi connectivity index (χ4v) is 3.90. The number of thiophene rings is 1.